The molecule has 0 unspecified atom stereocenters. The van der Waals surface area contributed by atoms with Gasteiger partial charge in [0.1, 0.15) is 0 Å². The van der Waals surface area contributed by atoms with E-state index in [0.717, 1.165) is 26.1 Å². The maximum absolute atomic E-state index is 9.20. The van der Waals surface area contributed by atoms with Crippen LogP contribution >= 0.6 is 0 Å². The molecule has 3 N–H and O–H groups in total. The van der Waals surface area contributed by atoms with E-state index in [4.69, 9.17) is 15.2 Å². The number of hydrogen-bond acceptors (Lipinski definition) is 5. The van der Waals surface area contributed by atoms with Crippen LogP contribution in [0, 0.1) is 5.92 Å². The number of ether oxygens (including phenoxy) is 2. The molecule has 0 radical (unpaired) electrons. The molecule has 0 aliphatic carbocycles. The fraction of sp³-hybridized carbons (Fsp3) is 0.583. The number of nitrogens with zero attached hydrogens (tertiary/aromatic N) is 1. The quantitative estimate of drug-likeness (QED) is 0.817. The van der Waals surface area contributed by atoms with Gasteiger partial charge in [-0.15, -0.1) is 0 Å². The van der Waals surface area contributed by atoms with Gasteiger partial charge in [-0.3, -0.25) is 0 Å². The molecule has 1 aliphatic rings. The van der Waals surface area contributed by atoms with E-state index in [0.29, 0.717) is 29.7 Å². The Morgan fingerprint density at radius 1 is 1.47 bits per heavy atom. The van der Waals surface area contributed by atoms with Crippen molar-refractivity contribution in [2.24, 2.45) is 5.92 Å². The van der Waals surface area contributed by atoms with Crippen molar-refractivity contribution in [3.8, 4) is 5.75 Å². The van der Waals surface area contributed by atoms with Gasteiger partial charge in [-0.05, 0) is 24.8 Å². The van der Waals surface area contributed by atoms with E-state index >= 15 is 0 Å². The molecule has 1 aromatic rings. The first-order valence-corrected chi connectivity index (χ1v) is 5.86. The highest BCUT2D eigenvalue weighted by Crippen LogP contribution is 2.26. The number of anilines is 1. The number of aromatic nitrogens is 1. The number of nitrogen functional groups attached to an aromatic ring is 1. The molecule has 1 saturated heterocycles. The summed E-state index contributed by atoms with van der Waals surface area (Å²) in [6.45, 7) is 2.11. The van der Waals surface area contributed by atoms with Gasteiger partial charge in [0.2, 0.25) is 0 Å². The van der Waals surface area contributed by atoms with Crippen LogP contribution in [0.2, 0.25) is 0 Å². The molecule has 1 fully saturated rings. The van der Waals surface area contributed by atoms with Crippen LogP contribution in [0.1, 0.15) is 18.4 Å². The SMILES string of the molecule is Nc1nccc(CO)c1OCC1CCOCC1. The Morgan fingerprint density at radius 2 is 2.24 bits per heavy atom. The lowest BCUT2D eigenvalue weighted by molar-refractivity contribution is 0.0495. The molecular weight excluding hydrogens is 220 g/mol. The van der Waals surface area contributed by atoms with E-state index in [1.807, 2.05) is 0 Å². The topological polar surface area (TPSA) is 77.6 Å². The first-order chi connectivity index (χ1) is 8.31. The third-order valence-corrected chi connectivity index (χ3v) is 2.99. The predicted molar refractivity (Wildman–Crippen MR) is 63.6 cm³/mol. The Labute approximate surface area is 101 Å². The number of pyridine rings is 1. The minimum atomic E-state index is -0.0875. The number of rotatable bonds is 4. The van der Waals surface area contributed by atoms with Crippen LogP contribution < -0.4 is 10.5 Å². The molecule has 0 saturated carbocycles. The van der Waals surface area contributed by atoms with Crippen LogP contribution in [-0.2, 0) is 11.3 Å². The van der Waals surface area contributed by atoms with Crippen LogP contribution in [-0.4, -0.2) is 29.9 Å². The molecule has 2 rings (SSSR count). The molecule has 0 atom stereocenters. The lowest BCUT2D eigenvalue weighted by Crippen LogP contribution is -2.22. The van der Waals surface area contributed by atoms with Gasteiger partial charge in [-0.25, -0.2) is 4.98 Å². The Balaban J connectivity index is 1.97. The molecule has 2 heterocycles. The minimum Gasteiger partial charge on any atom is -0.489 e. The Morgan fingerprint density at radius 3 is 2.94 bits per heavy atom. The zero-order valence-corrected chi connectivity index (χ0v) is 9.76. The van der Waals surface area contributed by atoms with Crippen molar-refractivity contribution in [1.29, 1.82) is 0 Å². The number of aliphatic hydroxyl groups is 1. The number of aliphatic hydroxyl groups excluding tert-OH is 1. The fourth-order valence-electron chi connectivity index (χ4n) is 1.91. The summed E-state index contributed by atoms with van der Waals surface area (Å²) < 4.78 is 11.0. The maximum atomic E-state index is 9.20. The fourth-order valence-corrected chi connectivity index (χ4v) is 1.91. The van der Waals surface area contributed by atoms with E-state index in [9.17, 15) is 5.11 Å². The minimum absolute atomic E-state index is 0.0875. The molecule has 0 amide bonds. The summed E-state index contributed by atoms with van der Waals surface area (Å²) in [5.74, 6) is 1.35. The average Bonchev–Trinajstić information content (AvgIpc) is 2.38. The molecule has 1 aliphatic heterocycles. The first-order valence-electron chi connectivity index (χ1n) is 5.86. The second-order valence-electron chi connectivity index (χ2n) is 4.21. The summed E-state index contributed by atoms with van der Waals surface area (Å²) >= 11 is 0. The molecule has 17 heavy (non-hydrogen) atoms. The molecule has 0 spiro atoms. The van der Waals surface area contributed by atoms with Gasteiger partial charge in [0.25, 0.3) is 0 Å². The highest BCUT2D eigenvalue weighted by Gasteiger charge is 2.16. The van der Waals surface area contributed by atoms with Gasteiger partial charge < -0.3 is 20.3 Å². The summed E-state index contributed by atoms with van der Waals surface area (Å²) in [6.07, 6.45) is 3.59. The first kappa shape index (κ1) is 12.1. The standard InChI is InChI=1S/C12H18N2O3/c13-12-11(10(7-15)1-4-14-12)17-8-9-2-5-16-6-3-9/h1,4,9,15H,2-3,5-8H2,(H2,13,14). The van der Waals surface area contributed by atoms with Gasteiger partial charge in [0.05, 0.1) is 13.2 Å². The van der Waals surface area contributed by atoms with Crippen LogP contribution in [0.15, 0.2) is 12.3 Å². The number of nitrogens with two attached hydrogens (primary N) is 1. The molecule has 1 aromatic heterocycles. The number of hydrogen-bond donors (Lipinski definition) is 2. The van der Waals surface area contributed by atoms with Crippen LogP contribution in [0.25, 0.3) is 0 Å². The van der Waals surface area contributed by atoms with Crippen molar-refractivity contribution in [2.75, 3.05) is 25.6 Å². The van der Waals surface area contributed by atoms with Crippen LogP contribution in [0.3, 0.4) is 0 Å². The summed E-state index contributed by atoms with van der Waals surface area (Å²) in [4.78, 5) is 3.97. The Bertz CT molecular complexity index is 365. The van der Waals surface area contributed by atoms with Crippen LogP contribution in [0.5, 0.6) is 5.75 Å². The van der Waals surface area contributed by atoms with Crippen molar-refractivity contribution in [3.05, 3.63) is 17.8 Å². The second kappa shape index (κ2) is 5.84. The average molecular weight is 238 g/mol. The van der Waals surface area contributed by atoms with E-state index in [1.165, 1.54) is 0 Å². The summed E-state index contributed by atoms with van der Waals surface area (Å²) in [6, 6.07) is 1.72. The van der Waals surface area contributed by atoms with Gasteiger partial charge in [-0.1, -0.05) is 0 Å². The van der Waals surface area contributed by atoms with E-state index < -0.39 is 0 Å². The van der Waals surface area contributed by atoms with E-state index in [1.54, 1.807) is 12.3 Å². The lowest BCUT2D eigenvalue weighted by atomic mass is 10.0. The molecule has 94 valence electrons. The summed E-state index contributed by atoms with van der Waals surface area (Å²) in [5, 5.41) is 9.20. The molecule has 5 heteroatoms. The van der Waals surface area contributed by atoms with Gasteiger partial charge in [0, 0.05) is 25.0 Å². The normalized spacial score (nSPS) is 17.0. The summed E-state index contributed by atoms with van der Waals surface area (Å²) in [5.41, 5.74) is 6.43. The van der Waals surface area contributed by atoms with Crippen molar-refractivity contribution in [2.45, 2.75) is 19.4 Å². The van der Waals surface area contributed by atoms with Gasteiger partial charge in [0.15, 0.2) is 11.6 Å². The van der Waals surface area contributed by atoms with Crippen molar-refractivity contribution in [1.82, 2.24) is 4.98 Å². The van der Waals surface area contributed by atoms with Crippen LogP contribution in [0.4, 0.5) is 5.82 Å². The van der Waals surface area contributed by atoms with E-state index in [-0.39, 0.29) is 6.61 Å². The molecule has 0 aromatic carbocycles. The molecular formula is C12H18N2O3. The predicted octanol–water partition coefficient (Wildman–Crippen LogP) is 0.961. The van der Waals surface area contributed by atoms with Crippen molar-refractivity contribution in [3.63, 3.8) is 0 Å². The second-order valence-corrected chi connectivity index (χ2v) is 4.21. The van der Waals surface area contributed by atoms with Crippen molar-refractivity contribution >= 4 is 5.82 Å². The zero-order chi connectivity index (χ0) is 12.1. The van der Waals surface area contributed by atoms with E-state index in [2.05, 4.69) is 4.98 Å². The smallest absolute Gasteiger partial charge is 0.166 e. The van der Waals surface area contributed by atoms with Gasteiger partial charge in [-0.2, -0.15) is 0 Å². The third-order valence-electron chi connectivity index (χ3n) is 2.99. The summed E-state index contributed by atoms with van der Waals surface area (Å²) in [7, 11) is 0. The third kappa shape index (κ3) is 3.08. The zero-order valence-electron chi connectivity index (χ0n) is 9.76. The Kier molecular flexibility index (Phi) is 4.17. The monoisotopic (exact) mass is 238 g/mol. The Hall–Kier alpha value is -1.33. The molecule has 5 nitrogen and oxygen atoms in total. The highest BCUT2D eigenvalue weighted by molar-refractivity contribution is 5.50. The van der Waals surface area contributed by atoms with Crippen molar-refractivity contribution < 1.29 is 14.6 Å². The van der Waals surface area contributed by atoms with Gasteiger partial charge >= 0.3 is 0 Å². The largest absolute Gasteiger partial charge is 0.489 e. The highest BCUT2D eigenvalue weighted by atomic mass is 16.5. The molecule has 0 bridgehead atoms. The lowest BCUT2D eigenvalue weighted by Gasteiger charge is -2.22. The maximum Gasteiger partial charge on any atom is 0.166 e.